The lowest BCUT2D eigenvalue weighted by Gasteiger charge is -2.36. The molecule has 2 N–H and O–H groups in total. The maximum atomic E-state index is 13.8. The number of rotatable bonds is 7. The first-order valence-corrected chi connectivity index (χ1v) is 11.6. The molecule has 0 atom stereocenters. The number of piperazine rings is 1. The first kappa shape index (κ1) is 22.3. The van der Waals surface area contributed by atoms with Gasteiger partial charge in [0.15, 0.2) is 0 Å². The van der Waals surface area contributed by atoms with Gasteiger partial charge in [0.1, 0.15) is 5.82 Å². The van der Waals surface area contributed by atoms with Gasteiger partial charge in [0.2, 0.25) is 5.95 Å². The number of hydrogen-bond donors (Lipinski definition) is 2. The molecule has 0 saturated carbocycles. The molecule has 0 aliphatic carbocycles. The van der Waals surface area contributed by atoms with Crippen molar-refractivity contribution in [2.75, 3.05) is 63.6 Å². The fraction of sp³-hybridized carbons (Fsp3) is 0.308. The average Bonchev–Trinajstić information content (AvgIpc) is 3.27. The molecule has 1 fully saturated rings. The average molecular weight is 460 g/mol. The summed E-state index contributed by atoms with van der Waals surface area (Å²) >= 11 is 0. The molecule has 1 saturated heterocycles. The van der Waals surface area contributed by atoms with E-state index >= 15 is 0 Å². The van der Waals surface area contributed by atoms with Gasteiger partial charge in [-0.3, -0.25) is 4.90 Å². The van der Waals surface area contributed by atoms with E-state index in [0.717, 1.165) is 67.1 Å². The van der Waals surface area contributed by atoms with Crippen LogP contribution < -0.4 is 10.2 Å². The molecule has 2 aromatic heterocycles. The molecule has 0 radical (unpaired) electrons. The fourth-order valence-corrected chi connectivity index (χ4v) is 4.33. The fourth-order valence-electron chi connectivity index (χ4n) is 4.33. The molecule has 5 rings (SSSR count). The highest BCUT2D eigenvalue weighted by atomic mass is 19.1. The van der Waals surface area contributed by atoms with Crippen LogP contribution in [0.15, 0.2) is 60.9 Å². The quantitative estimate of drug-likeness (QED) is 0.432. The third kappa shape index (κ3) is 5.03. The highest BCUT2D eigenvalue weighted by Crippen LogP contribution is 2.29. The van der Waals surface area contributed by atoms with Gasteiger partial charge in [-0.25, -0.2) is 14.4 Å². The SMILES string of the molecule is CN(C)CCN1CCN(c2ccc(Nc3nccc(-c4c[nH]c5ccc(F)cc45)n3)cc2)CC1. The lowest BCUT2D eigenvalue weighted by Crippen LogP contribution is -2.48. The maximum absolute atomic E-state index is 13.8. The summed E-state index contributed by atoms with van der Waals surface area (Å²) in [6, 6.07) is 14.9. The number of H-pyrrole nitrogens is 1. The molecular weight excluding hydrogens is 429 g/mol. The number of likely N-dealkylation sites (N-methyl/N-ethyl adjacent to an activating group) is 1. The van der Waals surface area contributed by atoms with E-state index in [1.165, 1.54) is 17.8 Å². The molecule has 3 heterocycles. The van der Waals surface area contributed by atoms with Gasteiger partial charge in [-0.15, -0.1) is 0 Å². The molecule has 0 unspecified atom stereocenters. The van der Waals surface area contributed by atoms with Crippen molar-refractivity contribution in [2.24, 2.45) is 0 Å². The van der Waals surface area contributed by atoms with E-state index in [2.05, 4.69) is 73.3 Å². The van der Waals surface area contributed by atoms with Crippen LogP contribution >= 0.6 is 0 Å². The summed E-state index contributed by atoms with van der Waals surface area (Å²) in [6.07, 6.45) is 3.57. The van der Waals surface area contributed by atoms with E-state index in [1.54, 1.807) is 12.3 Å². The second-order valence-corrected chi connectivity index (χ2v) is 8.96. The van der Waals surface area contributed by atoms with E-state index in [9.17, 15) is 4.39 Å². The Kier molecular flexibility index (Phi) is 6.42. The predicted octanol–water partition coefficient (Wildman–Crippen LogP) is 4.19. The van der Waals surface area contributed by atoms with Gasteiger partial charge in [-0.1, -0.05) is 0 Å². The van der Waals surface area contributed by atoms with Crippen LogP contribution in [0.4, 0.5) is 21.7 Å². The van der Waals surface area contributed by atoms with Crippen molar-refractivity contribution in [1.82, 2.24) is 24.8 Å². The van der Waals surface area contributed by atoms with Gasteiger partial charge in [0, 0.05) is 79.5 Å². The molecule has 34 heavy (non-hydrogen) atoms. The van der Waals surface area contributed by atoms with Gasteiger partial charge in [0.25, 0.3) is 0 Å². The van der Waals surface area contributed by atoms with E-state index in [4.69, 9.17) is 0 Å². The normalized spacial score (nSPS) is 14.8. The molecule has 1 aliphatic rings. The molecular formula is C26H30FN7. The monoisotopic (exact) mass is 459 g/mol. The van der Waals surface area contributed by atoms with Crippen molar-refractivity contribution in [3.05, 3.63) is 66.7 Å². The van der Waals surface area contributed by atoms with E-state index in [-0.39, 0.29) is 5.82 Å². The predicted molar refractivity (Wildman–Crippen MR) is 136 cm³/mol. The summed E-state index contributed by atoms with van der Waals surface area (Å²) in [4.78, 5) is 19.4. The van der Waals surface area contributed by atoms with Crippen molar-refractivity contribution in [3.63, 3.8) is 0 Å². The summed E-state index contributed by atoms with van der Waals surface area (Å²) in [6.45, 7) is 6.47. The number of benzene rings is 2. The number of aromatic amines is 1. The highest BCUT2D eigenvalue weighted by molar-refractivity contribution is 5.94. The molecule has 0 amide bonds. The standard InChI is InChI=1S/C26H30FN7/c1-32(2)11-12-33-13-15-34(16-14-33)21-6-4-20(5-7-21)30-26-28-10-9-25(31-26)23-18-29-24-8-3-19(27)17-22(23)24/h3-10,17-18,29H,11-16H2,1-2H3,(H,28,30,31). The van der Waals surface area contributed by atoms with Crippen LogP contribution in [0, 0.1) is 5.82 Å². The number of anilines is 3. The summed E-state index contributed by atoms with van der Waals surface area (Å²) in [5, 5.41) is 4.09. The minimum absolute atomic E-state index is 0.268. The third-order valence-corrected chi connectivity index (χ3v) is 6.30. The molecule has 0 bridgehead atoms. The molecule has 8 heteroatoms. The van der Waals surface area contributed by atoms with Crippen molar-refractivity contribution >= 4 is 28.2 Å². The van der Waals surface area contributed by atoms with Crippen LogP contribution in [0.1, 0.15) is 0 Å². The molecule has 0 spiro atoms. The molecule has 7 nitrogen and oxygen atoms in total. The van der Waals surface area contributed by atoms with Crippen molar-refractivity contribution in [2.45, 2.75) is 0 Å². The van der Waals surface area contributed by atoms with Crippen molar-refractivity contribution < 1.29 is 4.39 Å². The van der Waals surface area contributed by atoms with Crippen LogP contribution in [0.5, 0.6) is 0 Å². The van der Waals surface area contributed by atoms with Gasteiger partial charge < -0.3 is 20.1 Å². The maximum Gasteiger partial charge on any atom is 0.227 e. The Balaban J connectivity index is 1.24. The number of aromatic nitrogens is 3. The highest BCUT2D eigenvalue weighted by Gasteiger charge is 2.17. The molecule has 1 aliphatic heterocycles. The van der Waals surface area contributed by atoms with Crippen LogP contribution in [0.2, 0.25) is 0 Å². The number of hydrogen-bond acceptors (Lipinski definition) is 6. The number of nitrogens with zero attached hydrogens (tertiary/aromatic N) is 5. The van der Waals surface area contributed by atoms with Crippen LogP contribution in [0.25, 0.3) is 22.2 Å². The van der Waals surface area contributed by atoms with Gasteiger partial charge >= 0.3 is 0 Å². The number of halogens is 1. The lowest BCUT2D eigenvalue weighted by atomic mass is 10.1. The molecule has 4 aromatic rings. The molecule has 2 aromatic carbocycles. The van der Waals surface area contributed by atoms with Crippen LogP contribution in [0.3, 0.4) is 0 Å². The zero-order chi connectivity index (χ0) is 23.5. The summed E-state index contributed by atoms with van der Waals surface area (Å²) in [5.74, 6) is 0.237. The number of fused-ring (bicyclic) bond motifs is 1. The smallest absolute Gasteiger partial charge is 0.227 e. The van der Waals surface area contributed by atoms with Crippen molar-refractivity contribution in [1.29, 1.82) is 0 Å². The zero-order valence-corrected chi connectivity index (χ0v) is 19.6. The Morgan fingerprint density at radius 3 is 2.59 bits per heavy atom. The Bertz CT molecular complexity index is 1240. The van der Waals surface area contributed by atoms with Gasteiger partial charge in [-0.2, -0.15) is 0 Å². The Hall–Kier alpha value is -3.49. The first-order valence-electron chi connectivity index (χ1n) is 11.6. The zero-order valence-electron chi connectivity index (χ0n) is 19.6. The van der Waals surface area contributed by atoms with E-state index in [0.29, 0.717) is 5.95 Å². The molecule has 176 valence electrons. The first-order chi connectivity index (χ1) is 16.5. The third-order valence-electron chi connectivity index (χ3n) is 6.30. The largest absolute Gasteiger partial charge is 0.369 e. The minimum atomic E-state index is -0.268. The topological polar surface area (TPSA) is 63.3 Å². The lowest BCUT2D eigenvalue weighted by molar-refractivity contribution is 0.229. The van der Waals surface area contributed by atoms with Gasteiger partial charge in [-0.05, 0) is 62.6 Å². The van der Waals surface area contributed by atoms with E-state index < -0.39 is 0 Å². The van der Waals surface area contributed by atoms with E-state index in [1.807, 2.05) is 12.3 Å². The van der Waals surface area contributed by atoms with Crippen LogP contribution in [-0.2, 0) is 0 Å². The summed E-state index contributed by atoms with van der Waals surface area (Å²) < 4.78 is 13.8. The summed E-state index contributed by atoms with van der Waals surface area (Å²) in [7, 11) is 4.24. The van der Waals surface area contributed by atoms with Crippen LogP contribution in [-0.4, -0.2) is 78.1 Å². The number of nitrogens with one attached hydrogen (secondary N) is 2. The second-order valence-electron chi connectivity index (χ2n) is 8.96. The Morgan fingerprint density at radius 1 is 1.03 bits per heavy atom. The second kappa shape index (κ2) is 9.79. The van der Waals surface area contributed by atoms with Crippen molar-refractivity contribution in [3.8, 4) is 11.3 Å². The summed E-state index contributed by atoms with van der Waals surface area (Å²) in [5.41, 5.74) is 4.61. The Morgan fingerprint density at radius 2 is 1.82 bits per heavy atom. The Labute approximate surface area is 199 Å². The van der Waals surface area contributed by atoms with Gasteiger partial charge in [0.05, 0.1) is 5.69 Å². The minimum Gasteiger partial charge on any atom is -0.369 e.